The van der Waals surface area contributed by atoms with Crippen LogP contribution in [0.3, 0.4) is 0 Å². The molecule has 0 unspecified atom stereocenters. The molecule has 150 valence electrons. The van der Waals surface area contributed by atoms with Crippen LogP contribution >= 0.6 is 11.6 Å². The molecule has 0 bridgehead atoms. The highest BCUT2D eigenvalue weighted by Gasteiger charge is 2.20. The van der Waals surface area contributed by atoms with E-state index in [9.17, 15) is 10.1 Å². The van der Waals surface area contributed by atoms with Gasteiger partial charge in [0.15, 0.2) is 0 Å². The van der Waals surface area contributed by atoms with Gasteiger partial charge in [-0.2, -0.15) is 5.26 Å². The van der Waals surface area contributed by atoms with E-state index in [1.165, 1.54) is 12.7 Å². The van der Waals surface area contributed by atoms with Crippen LogP contribution in [0.1, 0.15) is 18.4 Å². The second-order valence-electron chi connectivity index (χ2n) is 7.12. The van der Waals surface area contributed by atoms with Crippen LogP contribution in [0.5, 0.6) is 5.75 Å². The Kier molecular flexibility index (Phi) is 7.15. The van der Waals surface area contributed by atoms with Crippen molar-refractivity contribution in [2.24, 2.45) is 5.92 Å². The number of hydrogen-bond donors (Lipinski definition) is 1. The Morgan fingerprint density at radius 1 is 1.28 bits per heavy atom. The summed E-state index contributed by atoms with van der Waals surface area (Å²) in [5.41, 5.74) is 1.86. The van der Waals surface area contributed by atoms with Crippen molar-refractivity contribution in [1.29, 1.82) is 5.26 Å². The van der Waals surface area contributed by atoms with Crippen LogP contribution in [-0.2, 0) is 11.2 Å². The number of halogens is 1. The van der Waals surface area contributed by atoms with Crippen LogP contribution < -0.4 is 10.1 Å². The summed E-state index contributed by atoms with van der Waals surface area (Å²) >= 11 is 6.00. The Morgan fingerprint density at radius 3 is 2.66 bits per heavy atom. The number of piperidine rings is 1. The van der Waals surface area contributed by atoms with E-state index in [-0.39, 0.29) is 5.57 Å². The number of nitriles is 1. The standard InChI is InChI=1S/C23H24ClN3O2/c1-29-22-8-7-20(24)14-21(22)26-23(28)19(15-25)16-27-11-9-18(10-12-27)13-17-5-3-2-4-6-17/h2-8,14,16,18H,9-13H2,1H3,(H,26,28)/b19-16-. The second kappa shape index (κ2) is 9.99. The molecule has 1 aliphatic heterocycles. The largest absolute Gasteiger partial charge is 0.495 e. The maximum Gasteiger partial charge on any atom is 0.267 e. The summed E-state index contributed by atoms with van der Waals surface area (Å²) in [7, 11) is 1.51. The third kappa shape index (κ3) is 5.75. The predicted molar refractivity (Wildman–Crippen MR) is 115 cm³/mol. The van der Waals surface area contributed by atoms with Gasteiger partial charge in [0, 0.05) is 24.3 Å². The van der Waals surface area contributed by atoms with Crippen molar-refractivity contribution in [3.63, 3.8) is 0 Å². The molecule has 6 heteroatoms. The van der Waals surface area contributed by atoms with Gasteiger partial charge in [0.05, 0.1) is 12.8 Å². The zero-order valence-electron chi connectivity index (χ0n) is 16.4. The molecule has 1 heterocycles. The second-order valence-corrected chi connectivity index (χ2v) is 7.56. The van der Waals surface area contributed by atoms with Crippen LogP contribution in [0.4, 0.5) is 5.69 Å². The number of nitrogens with zero attached hydrogens (tertiary/aromatic N) is 2. The van der Waals surface area contributed by atoms with Crippen LogP contribution in [0.25, 0.3) is 0 Å². The number of anilines is 1. The summed E-state index contributed by atoms with van der Waals surface area (Å²) in [5.74, 6) is 0.637. The maximum absolute atomic E-state index is 12.6. The number of likely N-dealkylation sites (tertiary alicyclic amines) is 1. The highest BCUT2D eigenvalue weighted by Crippen LogP contribution is 2.28. The molecule has 0 spiro atoms. The van der Waals surface area contributed by atoms with Gasteiger partial charge in [0.25, 0.3) is 5.91 Å². The van der Waals surface area contributed by atoms with E-state index in [1.54, 1.807) is 24.4 Å². The lowest BCUT2D eigenvalue weighted by atomic mass is 9.90. The lowest BCUT2D eigenvalue weighted by Gasteiger charge is -2.31. The number of amides is 1. The molecule has 0 atom stereocenters. The van der Waals surface area contributed by atoms with Crippen molar-refractivity contribution in [1.82, 2.24) is 4.90 Å². The first-order chi connectivity index (χ1) is 14.1. The lowest BCUT2D eigenvalue weighted by molar-refractivity contribution is -0.112. The van der Waals surface area contributed by atoms with Crippen LogP contribution in [0.2, 0.25) is 5.02 Å². The average Bonchev–Trinajstić information content (AvgIpc) is 2.74. The molecule has 1 N–H and O–H groups in total. The molecule has 1 fully saturated rings. The maximum atomic E-state index is 12.6. The summed E-state index contributed by atoms with van der Waals surface area (Å²) in [6, 6.07) is 17.4. The number of carbonyl (C=O) groups is 1. The van der Waals surface area contributed by atoms with Crippen LogP contribution in [0, 0.1) is 17.2 Å². The zero-order valence-corrected chi connectivity index (χ0v) is 17.2. The molecular weight excluding hydrogens is 386 g/mol. The minimum atomic E-state index is -0.473. The fourth-order valence-electron chi connectivity index (χ4n) is 3.52. The third-order valence-corrected chi connectivity index (χ3v) is 5.34. The normalized spacial score (nSPS) is 14.9. The summed E-state index contributed by atoms with van der Waals surface area (Å²) in [4.78, 5) is 14.6. The molecule has 2 aromatic rings. The lowest BCUT2D eigenvalue weighted by Crippen LogP contribution is -2.31. The molecule has 5 nitrogen and oxygen atoms in total. The summed E-state index contributed by atoms with van der Waals surface area (Å²) in [5, 5.41) is 12.7. The van der Waals surface area contributed by atoms with Gasteiger partial charge in [-0.15, -0.1) is 0 Å². The quantitative estimate of drug-likeness (QED) is 0.557. The smallest absolute Gasteiger partial charge is 0.267 e. The molecule has 0 saturated carbocycles. The van der Waals surface area contributed by atoms with Crippen molar-refractivity contribution in [2.75, 3.05) is 25.5 Å². The molecule has 1 saturated heterocycles. The molecule has 0 radical (unpaired) electrons. The minimum absolute atomic E-state index is 0.0635. The topological polar surface area (TPSA) is 65.4 Å². The van der Waals surface area contributed by atoms with Gasteiger partial charge >= 0.3 is 0 Å². The number of carbonyl (C=O) groups excluding carboxylic acids is 1. The number of nitrogens with one attached hydrogen (secondary N) is 1. The van der Waals surface area contributed by atoms with Gasteiger partial charge < -0.3 is 15.0 Å². The van der Waals surface area contributed by atoms with Gasteiger partial charge in [-0.1, -0.05) is 41.9 Å². The summed E-state index contributed by atoms with van der Waals surface area (Å²) in [6.45, 7) is 1.66. The van der Waals surface area contributed by atoms with Crippen molar-refractivity contribution in [3.8, 4) is 11.8 Å². The summed E-state index contributed by atoms with van der Waals surface area (Å²) in [6.07, 6.45) is 4.80. The molecule has 3 rings (SSSR count). The van der Waals surface area contributed by atoms with E-state index >= 15 is 0 Å². The van der Waals surface area contributed by atoms with E-state index in [0.29, 0.717) is 22.4 Å². The van der Waals surface area contributed by atoms with Gasteiger partial charge in [0.2, 0.25) is 0 Å². The number of ether oxygens (including phenoxy) is 1. The number of benzene rings is 2. The molecule has 2 aromatic carbocycles. The van der Waals surface area contributed by atoms with E-state index < -0.39 is 5.91 Å². The Hall–Kier alpha value is -2.97. The van der Waals surface area contributed by atoms with E-state index in [1.807, 2.05) is 12.1 Å². The molecule has 0 aliphatic carbocycles. The van der Waals surface area contributed by atoms with Crippen molar-refractivity contribution < 1.29 is 9.53 Å². The fourth-order valence-corrected chi connectivity index (χ4v) is 3.69. The Labute approximate surface area is 176 Å². The molecule has 29 heavy (non-hydrogen) atoms. The van der Waals surface area contributed by atoms with Gasteiger partial charge in [-0.05, 0) is 48.9 Å². The first-order valence-electron chi connectivity index (χ1n) is 9.64. The fraction of sp³-hybridized carbons (Fsp3) is 0.304. The van der Waals surface area contributed by atoms with Crippen molar-refractivity contribution in [2.45, 2.75) is 19.3 Å². The first-order valence-corrected chi connectivity index (χ1v) is 10.0. The van der Waals surface area contributed by atoms with Crippen LogP contribution in [0.15, 0.2) is 60.3 Å². The van der Waals surface area contributed by atoms with Gasteiger partial charge in [0.1, 0.15) is 17.4 Å². The number of hydrogen-bond acceptors (Lipinski definition) is 4. The van der Waals surface area contributed by atoms with Gasteiger partial charge in [-0.25, -0.2) is 0 Å². The highest BCUT2D eigenvalue weighted by molar-refractivity contribution is 6.31. The monoisotopic (exact) mass is 409 g/mol. The third-order valence-electron chi connectivity index (χ3n) is 5.10. The molecule has 1 aliphatic rings. The first kappa shape index (κ1) is 20.8. The average molecular weight is 410 g/mol. The zero-order chi connectivity index (χ0) is 20.6. The Morgan fingerprint density at radius 2 is 2.00 bits per heavy atom. The molecular formula is C23H24ClN3O2. The van der Waals surface area contributed by atoms with E-state index in [2.05, 4.69) is 34.5 Å². The van der Waals surface area contributed by atoms with Crippen molar-refractivity contribution >= 4 is 23.2 Å². The number of methoxy groups -OCH3 is 1. The minimum Gasteiger partial charge on any atom is -0.495 e. The van der Waals surface area contributed by atoms with Crippen molar-refractivity contribution in [3.05, 3.63) is 70.9 Å². The Bertz CT molecular complexity index is 913. The molecule has 0 aromatic heterocycles. The predicted octanol–water partition coefficient (Wildman–Crippen LogP) is 4.65. The summed E-state index contributed by atoms with van der Waals surface area (Å²) < 4.78 is 5.24. The molecule has 1 amide bonds. The van der Waals surface area contributed by atoms with Crippen LogP contribution in [-0.4, -0.2) is 31.0 Å². The van der Waals surface area contributed by atoms with E-state index in [0.717, 1.165) is 32.4 Å². The number of rotatable bonds is 6. The Balaban J connectivity index is 1.60. The SMILES string of the molecule is COc1ccc(Cl)cc1NC(=O)/C(C#N)=C\N1CCC(Cc2ccccc2)CC1. The van der Waals surface area contributed by atoms with Gasteiger partial charge in [-0.3, -0.25) is 4.79 Å². The van der Waals surface area contributed by atoms with E-state index in [4.69, 9.17) is 16.3 Å². The highest BCUT2D eigenvalue weighted by atomic mass is 35.5.